The van der Waals surface area contributed by atoms with E-state index in [1.807, 2.05) is 0 Å². The second kappa shape index (κ2) is 5.02. The van der Waals surface area contributed by atoms with Crippen LogP contribution in [-0.2, 0) is 0 Å². The fourth-order valence-corrected chi connectivity index (χ4v) is 2.03. The fraction of sp³-hybridized carbons (Fsp3) is 0.364. The average molecular weight is 275 g/mol. The van der Waals surface area contributed by atoms with Crippen LogP contribution in [0.3, 0.4) is 0 Å². The third kappa shape index (κ3) is 2.96. The Bertz CT molecular complexity index is 424. The summed E-state index contributed by atoms with van der Waals surface area (Å²) in [6.07, 6.45) is 3.19. The van der Waals surface area contributed by atoms with Gasteiger partial charge in [-0.25, -0.2) is 4.79 Å². The molecule has 2 amide bonds. The molecule has 0 saturated heterocycles. The van der Waals surface area contributed by atoms with Crippen molar-refractivity contribution in [3.8, 4) is 5.75 Å². The number of carbonyl (C=O) groups excluding carboxylic acids is 1. The first-order chi connectivity index (χ1) is 8.06. The first kappa shape index (κ1) is 12.3. The molecule has 0 aliphatic heterocycles. The summed E-state index contributed by atoms with van der Waals surface area (Å²) < 4.78 is 0. The minimum atomic E-state index is -0.285. The van der Waals surface area contributed by atoms with E-state index >= 15 is 0 Å². The number of benzene rings is 1. The lowest BCUT2D eigenvalue weighted by atomic mass is 9.93. The van der Waals surface area contributed by atoms with Gasteiger partial charge in [-0.3, -0.25) is 0 Å². The molecule has 1 aliphatic rings. The van der Waals surface area contributed by atoms with Gasteiger partial charge in [-0.05, 0) is 31.4 Å². The Morgan fingerprint density at radius 1 is 1.29 bits per heavy atom. The largest absolute Gasteiger partial charge is 0.505 e. The zero-order valence-corrected chi connectivity index (χ0v) is 10.5. The maximum atomic E-state index is 11.6. The Kier molecular flexibility index (Phi) is 3.64. The van der Waals surface area contributed by atoms with Crippen LogP contribution in [0.25, 0.3) is 0 Å². The van der Waals surface area contributed by atoms with Gasteiger partial charge in [0, 0.05) is 11.7 Å². The average Bonchev–Trinajstić information content (AvgIpc) is 2.20. The van der Waals surface area contributed by atoms with Crippen LogP contribution >= 0.6 is 23.2 Å². The van der Waals surface area contributed by atoms with Crippen molar-refractivity contribution in [2.24, 2.45) is 0 Å². The van der Waals surface area contributed by atoms with E-state index in [1.165, 1.54) is 12.1 Å². The highest BCUT2D eigenvalue weighted by Gasteiger charge is 2.19. The van der Waals surface area contributed by atoms with Crippen molar-refractivity contribution in [2.75, 3.05) is 5.32 Å². The van der Waals surface area contributed by atoms with E-state index in [0.717, 1.165) is 19.3 Å². The SMILES string of the molecule is O=C(Nc1cc(Cl)c(O)c(Cl)c1)NC1CCC1. The molecule has 2 rings (SSSR count). The molecular weight excluding hydrogens is 263 g/mol. The molecule has 0 spiro atoms. The summed E-state index contributed by atoms with van der Waals surface area (Å²) in [7, 11) is 0. The summed E-state index contributed by atoms with van der Waals surface area (Å²) >= 11 is 11.5. The van der Waals surface area contributed by atoms with E-state index < -0.39 is 0 Å². The van der Waals surface area contributed by atoms with Crippen LogP contribution in [0, 0.1) is 0 Å². The lowest BCUT2D eigenvalue weighted by Gasteiger charge is -2.26. The van der Waals surface area contributed by atoms with Gasteiger partial charge in [0.05, 0.1) is 10.0 Å². The van der Waals surface area contributed by atoms with E-state index in [4.69, 9.17) is 23.2 Å². The maximum Gasteiger partial charge on any atom is 0.319 e. The predicted molar refractivity (Wildman–Crippen MR) is 67.9 cm³/mol. The summed E-state index contributed by atoms with van der Waals surface area (Å²) in [5, 5.41) is 15.0. The van der Waals surface area contributed by atoms with Crippen LogP contribution < -0.4 is 10.6 Å². The van der Waals surface area contributed by atoms with E-state index in [2.05, 4.69) is 10.6 Å². The second-order valence-electron chi connectivity index (χ2n) is 4.01. The quantitative estimate of drug-likeness (QED) is 0.724. The number of nitrogens with one attached hydrogen (secondary N) is 2. The Balaban J connectivity index is 2.00. The molecule has 17 heavy (non-hydrogen) atoms. The predicted octanol–water partition coefficient (Wildman–Crippen LogP) is 3.37. The summed E-state index contributed by atoms with van der Waals surface area (Å²) in [6, 6.07) is 2.87. The number of urea groups is 1. The van der Waals surface area contributed by atoms with Gasteiger partial charge in [-0.15, -0.1) is 0 Å². The lowest BCUT2D eigenvalue weighted by Crippen LogP contribution is -2.41. The van der Waals surface area contributed by atoms with Gasteiger partial charge in [0.2, 0.25) is 0 Å². The summed E-state index contributed by atoms with van der Waals surface area (Å²) in [6.45, 7) is 0. The number of carbonyl (C=O) groups is 1. The molecule has 3 N–H and O–H groups in total. The zero-order valence-electron chi connectivity index (χ0n) is 8.96. The summed E-state index contributed by atoms with van der Waals surface area (Å²) in [5.74, 6) is -0.182. The zero-order chi connectivity index (χ0) is 12.4. The Labute approximate surface area is 109 Å². The molecule has 1 saturated carbocycles. The number of hydrogen-bond acceptors (Lipinski definition) is 2. The highest BCUT2D eigenvalue weighted by molar-refractivity contribution is 6.37. The highest BCUT2D eigenvalue weighted by Crippen LogP contribution is 2.34. The van der Waals surface area contributed by atoms with E-state index in [1.54, 1.807) is 0 Å². The molecule has 0 radical (unpaired) electrons. The molecule has 92 valence electrons. The molecule has 1 aliphatic carbocycles. The van der Waals surface area contributed by atoms with Crippen molar-refractivity contribution < 1.29 is 9.90 Å². The van der Waals surface area contributed by atoms with Crippen LogP contribution in [0.1, 0.15) is 19.3 Å². The third-order valence-electron chi connectivity index (χ3n) is 2.72. The number of rotatable bonds is 2. The van der Waals surface area contributed by atoms with Gasteiger partial charge >= 0.3 is 6.03 Å². The number of phenols is 1. The van der Waals surface area contributed by atoms with Gasteiger partial charge in [0.1, 0.15) is 0 Å². The number of phenolic OH excluding ortho intramolecular Hbond substituents is 1. The van der Waals surface area contributed by atoms with Crippen molar-refractivity contribution in [1.82, 2.24) is 5.32 Å². The molecule has 0 bridgehead atoms. The minimum absolute atomic E-state index is 0.108. The topological polar surface area (TPSA) is 61.4 Å². The Morgan fingerprint density at radius 3 is 2.35 bits per heavy atom. The van der Waals surface area contributed by atoms with Crippen molar-refractivity contribution >= 4 is 34.9 Å². The maximum absolute atomic E-state index is 11.6. The number of amides is 2. The third-order valence-corrected chi connectivity index (χ3v) is 3.29. The minimum Gasteiger partial charge on any atom is -0.505 e. The first-order valence-corrected chi connectivity index (χ1v) is 6.07. The van der Waals surface area contributed by atoms with E-state index in [-0.39, 0.29) is 27.9 Å². The molecule has 0 unspecified atom stereocenters. The molecule has 0 atom stereocenters. The molecule has 4 nitrogen and oxygen atoms in total. The van der Waals surface area contributed by atoms with Crippen molar-refractivity contribution in [1.29, 1.82) is 0 Å². The molecule has 0 heterocycles. The number of halogens is 2. The highest BCUT2D eigenvalue weighted by atomic mass is 35.5. The number of hydrogen-bond donors (Lipinski definition) is 3. The standard InChI is InChI=1S/C11H12Cl2N2O2/c12-8-4-7(5-9(13)10(8)16)15-11(17)14-6-2-1-3-6/h4-6,16H,1-3H2,(H2,14,15,17). The van der Waals surface area contributed by atoms with Gasteiger partial charge in [0.25, 0.3) is 0 Å². The molecular formula is C11H12Cl2N2O2. The van der Waals surface area contributed by atoms with Crippen LogP contribution in [0.4, 0.5) is 10.5 Å². The molecule has 6 heteroatoms. The summed E-state index contributed by atoms with van der Waals surface area (Å²) in [4.78, 5) is 11.6. The molecule has 1 fully saturated rings. The second-order valence-corrected chi connectivity index (χ2v) is 4.83. The van der Waals surface area contributed by atoms with Gasteiger partial charge in [-0.2, -0.15) is 0 Å². The van der Waals surface area contributed by atoms with Gasteiger partial charge in [0.15, 0.2) is 5.75 Å². The van der Waals surface area contributed by atoms with Crippen molar-refractivity contribution in [3.63, 3.8) is 0 Å². The van der Waals surface area contributed by atoms with Crippen molar-refractivity contribution in [2.45, 2.75) is 25.3 Å². The first-order valence-electron chi connectivity index (χ1n) is 5.32. The fourth-order valence-electron chi connectivity index (χ4n) is 1.54. The summed E-state index contributed by atoms with van der Waals surface area (Å²) in [5.41, 5.74) is 0.453. The lowest BCUT2D eigenvalue weighted by molar-refractivity contribution is 0.240. The van der Waals surface area contributed by atoms with Crippen LogP contribution in [-0.4, -0.2) is 17.2 Å². The van der Waals surface area contributed by atoms with Gasteiger partial charge < -0.3 is 15.7 Å². The molecule has 1 aromatic rings. The molecule has 1 aromatic carbocycles. The Morgan fingerprint density at radius 2 is 1.88 bits per heavy atom. The van der Waals surface area contributed by atoms with Crippen LogP contribution in [0.5, 0.6) is 5.75 Å². The normalized spacial score (nSPS) is 15.2. The van der Waals surface area contributed by atoms with Gasteiger partial charge in [-0.1, -0.05) is 23.2 Å². The van der Waals surface area contributed by atoms with Crippen LogP contribution in [0.15, 0.2) is 12.1 Å². The number of aromatic hydroxyl groups is 1. The number of anilines is 1. The molecule has 0 aromatic heterocycles. The smallest absolute Gasteiger partial charge is 0.319 e. The monoisotopic (exact) mass is 274 g/mol. The van der Waals surface area contributed by atoms with E-state index in [0.29, 0.717) is 5.69 Å². The van der Waals surface area contributed by atoms with E-state index in [9.17, 15) is 9.90 Å². The van der Waals surface area contributed by atoms with Crippen LogP contribution in [0.2, 0.25) is 10.0 Å². The Hall–Kier alpha value is -1.13. The van der Waals surface area contributed by atoms with Crippen molar-refractivity contribution in [3.05, 3.63) is 22.2 Å².